The lowest BCUT2D eigenvalue weighted by atomic mass is 9.98. The van der Waals surface area contributed by atoms with Gasteiger partial charge in [0.25, 0.3) is 0 Å². The summed E-state index contributed by atoms with van der Waals surface area (Å²) < 4.78 is 26.3. The maximum atomic E-state index is 12.0. The van der Waals surface area contributed by atoms with Gasteiger partial charge in [-0.15, -0.1) is 0 Å². The number of sulfonamides is 1. The minimum Gasteiger partial charge on any atom is -0.389 e. The standard InChI is InChI=1S/C12H18ClNO3S/c1-3-12(15,4-2)9-14-18(16,17)11-7-5-10(13)6-8-11/h5-8,14-15H,3-4,9H2,1-2H3. The van der Waals surface area contributed by atoms with Crippen molar-refractivity contribution in [2.24, 2.45) is 0 Å². The van der Waals surface area contributed by atoms with Gasteiger partial charge in [-0.2, -0.15) is 0 Å². The summed E-state index contributed by atoms with van der Waals surface area (Å²) in [5, 5.41) is 10.5. The molecule has 102 valence electrons. The molecule has 18 heavy (non-hydrogen) atoms. The molecule has 0 aromatic heterocycles. The molecule has 4 nitrogen and oxygen atoms in total. The number of halogens is 1. The second-order valence-corrected chi connectivity index (χ2v) is 6.41. The molecule has 0 heterocycles. The highest BCUT2D eigenvalue weighted by Crippen LogP contribution is 2.17. The lowest BCUT2D eigenvalue weighted by Crippen LogP contribution is -2.41. The van der Waals surface area contributed by atoms with Crippen LogP contribution in [-0.2, 0) is 10.0 Å². The molecule has 0 atom stereocenters. The van der Waals surface area contributed by atoms with Gasteiger partial charge >= 0.3 is 0 Å². The normalized spacial score (nSPS) is 12.7. The predicted octanol–water partition coefficient (Wildman–Crippen LogP) is 2.17. The second-order valence-electron chi connectivity index (χ2n) is 4.21. The van der Waals surface area contributed by atoms with Crippen LogP contribution in [0.3, 0.4) is 0 Å². The maximum Gasteiger partial charge on any atom is 0.240 e. The molecule has 0 saturated carbocycles. The van der Waals surface area contributed by atoms with Crippen LogP contribution in [0.15, 0.2) is 29.2 Å². The highest BCUT2D eigenvalue weighted by atomic mass is 35.5. The fraction of sp³-hybridized carbons (Fsp3) is 0.500. The maximum absolute atomic E-state index is 12.0. The van der Waals surface area contributed by atoms with Crippen molar-refractivity contribution < 1.29 is 13.5 Å². The Balaban J connectivity index is 2.80. The Bertz CT molecular complexity index is 481. The van der Waals surface area contributed by atoms with E-state index in [0.29, 0.717) is 17.9 Å². The molecule has 0 bridgehead atoms. The van der Waals surface area contributed by atoms with E-state index in [4.69, 9.17) is 11.6 Å². The van der Waals surface area contributed by atoms with Crippen molar-refractivity contribution >= 4 is 21.6 Å². The molecular formula is C12H18ClNO3S. The lowest BCUT2D eigenvalue weighted by molar-refractivity contribution is 0.0377. The van der Waals surface area contributed by atoms with Gasteiger partial charge in [0.2, 0.25) is 10.0 Å². The highest BCUT2D eigenvalue weighted by Gasteiger charge is 2.25. The molecule has 0 radical (unpaired) electrons. The van der Waals surface area contributed by atoms with Gasteiger partial charge in [0, 0.05) is 11.6 Å². The minimum absolute atomic E-state index is 0.00492. The largest absolute Gasteiger partial charge is 0.389 e. The first-order valence-corrected chi connectivity index (χ1v) is 7.67. The van der Waals surface area contributed by atoms with E-state index in [1.54, 1.807) is 0 Å². The van der Waals surface area contributed by atoms with Crippen molar-refractivity contribution in [1.82, 2.24) is 4.72 Å². The molecule has 1 aromatic rings. The van der Waals surface area contributed by atoms with Crippen LogP contribution in [0.25, 0.3) is 0 Å². The van der Waals surface area contributed by atoms with Gasteiger partial charge in [-0.05, 0) is 37.1 Å². The summed E-state index contributed by atoms with van der Waals surface area (Å²) in [6, 6.07) is 5.90. The van der Waals surface area contributed by atoms with Gasteiger partial charge in [-0.1, -0.05) is 25.4 Å². The molecular weight excluding hydrogens is 274 g/mol. The Morgan fingerprint density at radius 1 is 1.22 bits per heavy atom. The smallest absolute Gasteiger partial charge is 0.240 e. The fourth-order valence-corrected chi connectivity index (χ4v) is 2.67. The average Bonchev–Trinajstić information content (AvgIpc) is 2.37. The first-order valence-electron chi connectivity index (χ1n) is 5.80. The van der Waals surface area contributed by atoms with Crippen LogP contribution in [0, 0.1) is 0 Å². The topological polar surface area (TPSA) is 66.4 Å². The fourth-order valence-electron chi connectivity index (χ4n) is 1.43. The Morgan fingerprint density at radius 3 is 2.17 bits per heavy atom. The van der Waals surface area contributed by atoms with E-state index < -0.39 is 15.6 Å². The molecule has 2 N–H and O–H groups in total. The van der Waals surface area contributed by atoms with Crippen molar-refractivity contribution in [2.75, 3.05) is 6.54 Å². The average molecular weight is 292 g/mol. The zero-order valence-electron chi connectivity index (χ0n) is 10.5. The Kier molecular flexibility index (Phi) is 5.16. The molecule has 0 saturated heterocycles. The first kappa shape index (κ1) is 15.4. The van der Waals surface area contributed by atoms with E-state index in [-0.39, 0.29) is 11.4 Å². The Labute approximate surface area is 113 Å². The van der Waals surface area contributed by atoms with Crippen LogP contribution in [-0.4, -0.2) is 25.7 Å². The van der Waals surface area contributed by atoms with Crippen LogP contribution in [0.5, 0.6) is 0 Å². The first-order chi connectivity index (χ1) is 8.33. The number of hydrogen-bond acceptors (Lipinski definition) is 3. The van der Waals surface area contributed by atoms with E-state index in [1.165, 1.54) is 24.3 Å². The lowest BCUT2D eigenvalue weighted by Gasteiger charge is -2.25. The van der Waals surface area contributed by atoms with Crippen molar-refractivity contribution in [3.63, 3.8) is 0 Å². The molecule has 1 rings (SSSR count). The van der Waals surface area contributed by atoms with Crippen LogP contribution < -0.4 is 4.72 Å². The van der Waals surface area contributed by atoms with Crippen LogP contribution in [0.2, 0.25) is 5.02 Å². The van der Waals surface area contributed by atoms with Crippen LogP contribution in [0.4, 0.5) is 0 Å². The summed E-state index contributed by atoms with van der Waals surface area (Å²) in [6.45, 7) is 3.64. The summed E-state index contributed by atoms with van der Waals surface area (Å²) in [4.78, 5) is 0.140. The zero-order valence-corrected chi connectivity index (χ0v) is 12.1. The third kappa shape index (κ3) is 3.95. The van der Waals surface area contributed by atoms with Gasteiger partial charge in [-0.25, -0.2) is 13.1 Å². The zero-order chi connectivity index (χ0) is 13.8. The molecule has 0 aliphatic rings. The van der Waals surface area contributed by atoms with Crippen LogP contribution >= 0.6 is 11.6 Å². The van der Waals surface area contributed by atoms with E-state index in [2.05, 4.69) is 4.72 Å². The summed E-state index contributed by atoms with van der Waals surface area (Å²) in [6.07, 6.45) is 0.985. The van der Waals surface area contributed by atoms with Crippen molar-refractivity contribution in [2.45, 2.75) is 37.2 Å². The van der Waals surface area contributed by atoms with Crippen molar-refractivity contribution in [3.05, 3.63) is 29.3 Å². The number of rotatable bonds is 6. The van der Waals surface area contributed by atoms with Crippen LogP contribution in [0.1, 0.15) is 26.7 Å². The molecule has 0 unspecified atom stereocenters. The van der Waals surface area contributed by atoms with Gasteiger partial charge < -0.3 is 5.11 Å². The minimum atomic E-state index is -3.60. The molecule has 6 heteroatoms. The van der Waals surface area contributed by atoms with E-state index >= 15 is 0 Å². The number of benzene rings is 1. The van der Waals surface area contributed by atoms with E-state index in [0.717, 1.165) is 0 Å². The van der Waals surface area contributed by atoms with E-state index in [1.807, 2.05) is 13.8 Å². The SMILES string of the molecule is CCC(O)(CC)CNS(=O)(=O)c1ccc(Cl)cc1. The predicted molar refractivity (Wildman–Crippen MR) is 72.2 cm³/mol. The molecule has 0 fully saturated rings. The van der Waals surface area contributed by atoms with Gasteiger partial charge in [0.1, 0.15) is 0 Å². The summed E-state index contributed by atoms with van der Waals surface area (Å²) in [7, 11) is -3.60. The highest BCUT2D eigenvalue weighted by molar-refractivity contribution is 7.89. The van der Waals surface area contributed by atoms with Gasteiger partial charge in [0.15, 0.2) is 0 Å². The number of aliphatic hydroxyl groups is 1. The van der Waals surface area contributed by atoms with Gasteiger partial charge in [-0.3, -0.25) is 0 Å². The summed E-state index contributed by atoms with van der Waals surface area (Å²) in [5.74, 6) is 0. The quantitative estimate of drug-likeness (QED) is 0.844. The summed E-state index contributed by atoms with van der Waals surface area (Å²) >= 11 is 5.70. The number of hydrogen-bond donors (Lipinski definition) is 2. The third-order valence-electron chi connectivity index (χ3n) is 3.03. The van der Waals surface area contributed by atoms with E-state index in [9.17, 15) is 13.5 Å². The Hall–Kier alpha value is -0.620. The molecule has 1 aromatic carbocycles. The molecule has 0 aliphatic carbocycles. The van der Waals surface area contributed by atoms with Crippen molar-refractivity contribution in [1.29, 1.82) is 0 Å². The summed E-state index contributed by atoms with van der Waals surface area (Å²) in [5.41, 5.74) is -1.00. The third-order valence-corrected chi connectivity index (χ3v) is 4.70. The monoisotopic (exact) mass is 291 g/mol. The number of nitrogens with one attached hydrogen (secondary N) is 1. The molecule has 0 spiro atoms. The second kappa shape index (κ2) is 6.02. The van der Waals surface area contributed by atoms with Crippen molar-refractivity contribution in [3.8, 4) is 0 Å². The molecule has 0 aliphatic heterocycles. The molecule has 0 amide bonds. The van der Waals surface area contributed by atoms with Gasteiger partial charge in [0.05, 0.1) is 10.5 Å². The Morgan fingerprint density at radius 2 is 1.72 bits per heavy atom.